The first-order valence-electron chi connectivity index (χ1n) is 6.46. The molecule has 0 unspecified atom stereocenters. The predicted molar refractivity (Wildman–Crippen MR) is 84.6 cm³/mol. The number of aryl methyl sites for hydroxylation is 1. The molecule has 1 amide bonds. The van der Waals surface area contributed by atoms with Crippen LogP contribution in [0.3, 0.4) is 0 Å². The van der Waals surface area contributed by atoms with Crippen LogP contribution in [0.5, 0.6) is 0 Å². The second-order valence-electron chi connectivity index (χ2n) is 5.04. The van der Waals surface area contributed by atoms with Gasteiger partial charge in [-0.15, -0.1) is 0 Å². The average molecular weight is 318 g/mol. The summed E-state index contributed by atoms with van der Waals surface area (Å²) in [5, 5.41) is 2.75. The van der Waals surface area contributed by atoms with Crippen molar-refractivity contribution in [2.45, 2.75) is 0 Å². The molecule has 0 spiro atoms. The normalized spacial score (nSPS) is 15.7. The number of nitrogens with one attached hydrogen (secondary N) is 2. The zero-order chi connectivity index (χ0) is 15.9. The van der Waals surface area contributed by atoms with Gasteiger partial charge in [0.15, 0.2) is 0 Å². The highest BCUT2D eigenvalue weighted by molar-refractivity contribution is 7.92. The number of hydrogen-bond donors (Lipinski definition) is 2. The van der Waals surface area contributed by atoms with E-state index in [-0.39, 0.29) is 5.91 Å². The number of fused-ring (bicyclic) bond motifs is 1. The Balaban J connectivity index is 2.06. The number of imidazole rings is 1. The average Bonchev–Trinajstić information content (AvgIpc) is 2.94. The third-order valence-corrected chi connectivity index (χ3v) is 3.84. The van der Waals surface area contributed by atoms with Crippen LogP contribution >= 0.6 is 0 Å². The maximum atomic E-state index is 12.1. The zero-order valence-corrected chi connectivity index (χ0v) is 12.8. The van der Waals surface area contributed by atoms with Crippen molar-refractivity contribution in [3.63, 3.8) is 0 Å². The molecule has 2 N–H and O–H groups in total. The van der Waals surface area contributed by atoms with Gasteiger partial charge in [-0.2, -0.15) is 0 Å². The van der Waals surface area contributed by atoms with Crippen molar-refractivity contribution in [1.82, 2.24) is 9.55 Å². The number of nitrogens with zero attached hydrogens (tertiary/aromatic N) is 2. The summed E-state index contributed by atoms with van der Waals surface area (Å²) in [5.41, 5.74) is 2.14. The smallest absolute Gasteiger partial charge is 0.256 e. The molecule has 1 aliphatic rings. The molecular formula is C14H14N4O3S. The van der Waals surface area contributed by atoms with Gasteiger partial charge in [-0.3, -0.25) is 9.52 Å². The Kier molecular flexibility index (Phi) is 3.25. The molecule has 0 bridgehead atoms. The van der Waals surface area contributed by atoms with Gasteiger partial charge in [0, 0.05) is 36.4 Å². The van der Waals surface area contributed by atoms with Gasteiger partial charge in [0.2, 0.25) is 10.0 Å². The molecule has 2 aromatic rings. The van der Waals surface area contributed by atoms with Crippen molar-refractivity contribution in [2.75, 3.05) is 16.3 Å². The molecule has 1 aromatic heterocycles. The van der Waals surface area contributed by atoms with E-state index in [2.05, 4.69) is 15.0 Å². The number of carbonyl (C=O) groups excluding carboxylic acids is 1. The lowest BCUT2D eigenvalue weighted by molar-refractivity contribution is -0.110. The molecule has 1 aromatic carbocycles. The number of anilines is 2. The maximum Gasteiger partial charge on any atom is 0.256 e. The van der Waals surface area contributed by atoms with Crippen LogP contribution in [0, 0.1) is 0 Å². The van der Waals surface area contributed by atoms with Gasteiger partial charge < -0.3 is 9.88 Å². The molecule has 8 heteroatoms. The molecule has 7 nitrogen and oxygen atoms in total. The molecule has 0 saturated heterocycles. The van der Waals surface area contributed by atoms with E-state index in [1.54, 1.807) is 41.2 Å². The van der Waals surface area contributed by atoms with Gasteiger partial charge in [-0.25, -0.2) is 13.4 Å². The first kappa shape index (κ1) is 14.3. The minimum absolute atomic E-state index is 0.241. The van der Waals surface area contributed by atoms with Crippen LogP contribution in [0.4, 0.5) is 11.4 Å². The quantitative estimate of drug-likeness (QED) is 0.834. The fraction of sp³-hybridized carbons (Fsp3) is 0.143. The SMILES string of the molecule is Cn1ccnc1/C=C1/C(=O)Nc2ccc(NS(C)(=O)=O)cc21. The summed E-state index contributed by atoms with van der Waals surface area (Å²) in [4.78, 5) is 16.3. The zero-order valence-electron chi connectivity index (χ0n) is 12.0. The molecule has 0 atom stereocenters. The Morgan fingerprint density at radius 3 is 2.77 bits per heavy atom. The van der Waals surface area contributed by atoms with E-state index < -0.39 is 10.0 Å². The number of amides is 1. The van der Waals surface area contributed by atoms with E-state index in [0.717, 1.165) is 6.26 Å². The summed E-state index contributed by atoms with van der Waals surface area (Å²) < 4.78 is 26.8. The number of carbonyl (C=O) groups is 1. The Morgan fingerprint density at radius 2 is 2.14 bits per heavy atom. The van der Waals surface area contributed by atoms with E-state index >= 15 is 0 Å². The van der Waals surface area contributed by atoms with Gasteiger partial charge in [0.1, 0.15) is 5.82 Å². The Bertz CT molecular complexity index is 897. The lowest BCUT2D eigenvalue weighted by atomic mass is 10.1. The van der Waals surface area contributed by atoms with Gasteiger partial charge in [-0.05, 0) is 24.3 Å². The van der Waals surface area contributed by atoms with Crippen LogP contribution in [0.1, 0.15) is 11.4 Å². The molecule has 114 valence electrons. The first-order chi connectivity index (χ1) is 10.3. The number of aromatic nitrogens is 2. The third-order valence-electron chi connectivity index (χ3n) is 3.24. The van der Waals surface area contributed by atoms with Crippen molar-refractivity contribution in [3.05, 3.63) is 42.0 Å². The van der Waals surface area contributed by atoms with Gasteiger partial charge >= 0.3 is 0 Å². The van der Waals surface area contributed by atoms with Crippen LogP contribution in [-0.4, -0.2) is 30.1 Å². The Hall–Kier alpha value is -2.61. The molecule has 3 rings (SSSR count). The molecule has 2 heterocycles. The highest BCUT2D eigenvalue weighted by Gasteiger charge is 2.25. The van der Waals surface area contributed by atoms with Crippen molar-refractivity contribution in [2.24, 2.45) is 7.05 Å². The van der Waals surface area contributed by atoms with Crippen molar-refractivity contribution in [3.8, 4) is 0 Å². The fourth-order valence-electron chi connectivity index (χ4n) is 2.25. The summed E-state index contributed by atoms with van der Waals surface area (Å²) in [5.74, 6) is 0.397. The molecule has 0 saturated carbocycles. The number of sulfonamides is 1. The van der Waals surface area contributed by atoms with Crippen molar-refractivity contribution < 1.29 is 13.2 Å². The van der Waals surface area contributed by atoms with Crippen molar-refractivity contribution in [1.29, 1.82) is 0 Å². The van der Waals surface area contributed by atoms with E-state index in [0.29, 0.717) is 28.3 Å². The lowest BCUT2D eigenvalue weighted by Crippen LogP contribution is -2.09. The topological polar surface area (TPSA) is 93.1 Å². The van der Waals surface area contributed by atoms with E-state index in [9.17, 15) is 13.2 Å². The number of rotatable bonds is 3. The molecule has 1 aliphatic heterocycles. The van der Waals surface area contributed by atoms with Crippen molar-refractivity contribution >= 4 is 39.0 Å². The summed E-state index contributed by atoms with van der Waals surface area (Å²) >= 11 is 0. The van der Waals surface area contributed by atoms with Gasteiger partial charge in [0.05, 0.1) is 11.8 Å². The largest absolute Gasteiger partial charge is 0.335 e. The summed E-state index contributed by atoms with van der Waals surface area (Å²) in [6.07, 6.45) is 6.17. The predicted octanol–water partition coefficient (Wildman–Crippen LogP) is 1.28. The van der Waals surface area contributed by atoms with Gasteiger partial charge in [0.25, 0.3) is 5.91 Å². The van der Waals surface area contributed by atoms with Crippen LogP contribution in [0.15, 0.2) is 30.6 Å². The van der Waals surface area contributed by atoms with E-state index in [1.165, 1.54) is 0 Å². The minimum Gasteiger partial charge on any atom is -0.335 e. The summed E-state index contributed by atoms with van der Waals surface area (Å²) in [7, 11) is -1.55. The van der Waals surface area contributed by atoms with E-state index in [1.807, 2.05) is 7.05 Å². The highest BCUT2D eigenvalue weighted by atomic mass is 32.2. The van der Waals surface area contributed by atoms with E-state index in [4.69, 9.17) is 0 Å². The molecule has 22 heavy (non-hydrogen) atoms. The van der Waals surface area contributed by atoms with Crippen LogP contribution < -0.4 is 10.0 Å². The van der Waals surface area contributed by atoms with Gasteiger partial charge in [-0.1, -0.05) is 0 Å². The van der Waals surface area contributed by atoms with Crippen LogP contribution in [0.25, 0.3) is 11.6 Å². The Labute approximate surface area is 127 Å². The Morgan fingerprint density at radius 1 is 1.36 bits per heavy atom. The number of hydrogen-bond acceptors (Lipinski definition) is 4. The molecule has 0 fully saturated rings. The monoisotopic (exact) mass is 318 g/mol. The third kappa shape index (κ3) is 2.73. The number of benzene rings is 1. The van der Waals surface area contributed by atoms with Crippen LogP contribution in [0.2, 0.25) is 0 Å². The highest BCUT2D eigenvalue weighted by Crippen LogP contribution is 2.35. The minimum atomic E-state index is -3.37. The second kappa shape index (κ2) is 4.99. The summed E-state index contributed by atoms with van der Waals surface area (Å²) in [6, 6.07) is 4.90. The fourth-order valence-corrected chi connectivity index (χ4v) is 2.81. The lowest BCUT2D eigenvalue weighted by Gasteiger charge is -2.06. The second-order valence-corrected chi connectivity index (χ2v) is 6.79. The summed E-state index contributed by atoms with van der Waals surface area (Å²) in [6.45, 7) is 0. The molecule has 0 aliphatic carbocycles. The first-order valence-corrected chi connectivity index (χ1v) is 8.35. The molecular weight excluding hydrogens is 304 g/mol. The molecule has 0 radical (unpaired) electrons. The van der Waals surface area contributed by atoms with Crippen LogP contribution in [-0.2, 0) is 21.9 Å². The standard InChI is InChI=1S/C14H14N4O3S/c1-18-6-5-15-13(18)8-11-10-7-9(17-22(2,20)21)3-4-12(10)16-14(11)19/h3-8,17H,1-2H3,(H,16,19)/b11-8+. The maximum absolute atomic E-state index is 12.1.